The molecule has 1 aliphatic carbocycles. The van der Waals surface area contributed by atoms with Gasteiger partial charge in [-0.05, 0) is 45.8 Å². The molecule has 0 radical (unpaired) electrons. The Morgan fingerprint density at radius 1 is 1.47 bits per heavy atom. The summed E-state index contributed by atoms with van der Waals surface area (Å²) in [4.78, 5) is 0. The van der Waals surface area contributed by atoms with Crippen molar-refractivity contribution in [1.29, 1.82) is 0 Å². The van der Waals surface area contributed by atoms with Crippen LogP contribution >= 0.6 is 27.3 Å². The third-order valence-corrected chi connectivity index (χ3v) is 5.08. The van der Waals surface area contributed by atoms with E-state index in [0.29, 0.717) is 11.7 Å². The zero-order valence-corrected chi connectivity index (χ0v) is 11.8. The van der Waals surface area contributed by atoms with E-state index in [-0.39, 0.29) is 0 Å². The van der Waals surface area contributed by atoms with E-state index in [1.165, 1.54) is 6.42 Å². The van der Waals surface area contributed by atoms with E-state index in [0.717, 1.165) is 21.7 Å². The highest BCUT2D eigenvalue weighted by Crippen LogP contribution is 2.48. The van der Waals surface area contributed by atoms with Gasteiger partial charge < -0.3 is 9.52 Å². The number of aliphatic hydroxyl groups is 1. The summed E-state index contributed by atoms with van der Waals surface area (Å²) in [5.41, 5.74) is 0.875. The summed E-state index contributed by atoms with van der Waals surface area (Å²) in [6.45, 7) is 2.22. The molecule has 0 bridgehead atoms. The van der Waals surface area contributed by atoms with E-state index in [4.69, 9.17) is 4.42 Å². The van der Waals surface area contributed by atoms with Crippen molar-refractivity contribution in [2.45, 2.75) is 25.4 Å². The summed E-state index contributed by atoms with van der Waals surface area (Å²) in [6.07, 6.45) is 0.531. The lowest BCUT2D eigenvalue weighted by Crippen LogP contribution is -1.96. The van der Waals surface area contributed by atoms with E-state index >= 15 is 0 Å². The van der Waals surface area contributed by atoms with Gasteiger partial charge in [0.2, 0.25) is 0 Å². The Hall–Kier alpha value is -0.580. The van der Waals surface area contributed by atoms with Gasteiger partial charge in [-0.15, -0.1) is 0 Å². The normalized spacial score (nSPS) is 24.9. The van der Waals surface area contributed by atoms with Gasteiger partial charge in [-0.1, -0.05) is 6.92 Å². The Morgan fingerprint density at radius 3 is 2.82 bits per heavy atom. The monoisotopic (exact) mass is 312 g/mol. The fourth-order valence-corrected chi connectivity index (χ4v) is 3.61. The maximum absolute atomic E-state index is 10.2. The molecule has 1 N–H and O–H groups in total. The standard InChI is InChI=1S/C13H13BrO2S/c1-7-4-8(7)11-2-3-12(16-11)13(15)9-5-17-6-10(9)14/h2-3,5-8,13,15H,4H2,1H3. The number of aliphatic hydroxyl groups excluding tert-OH is 1. The van der Waals surface area contributed by atoms with E-state index in [1.54, 1.807) is 11.3 Å². The molecular weight excluding hydrogens is 300 g/mol. The molecule has 3 unspecified atom stereocenters. The molecule has 1 saturated carbocycles. The van der Waals surface area contributed by atoms with Crippen molar-refractivity contribution in [2.75, 3.05) is 0 Å². The number of halogens is 1. The summed E-state index contributed by atoms with van der Waals surface area (Å²) < 4.78 is 6.69. The van der Waals surface area contributed by atoms with Crippen molar-refractivity contribution < 1.29 is 9.52 Å². The van der Waals surface area contributed by atoms with Crippen molar-refractivity contribution >= 4 is 27.3 Å². The van der Waals surface area contributed by atoms with Crippen LogP contribution in [0.1, 0.15) is 42.5 Å². The third kappa shape index (κ3) is 2.09. The van der Waals surface area contributed by atoms with Crippen LogP contribution in [0.4, 0.5) is 0 Å². The first-order valence-corrected chi connectivity index (χ1v) is 7.39. The fourth-order valence-electron chi connectivity index (χ4n) is 2.07. The van der Waals surface area contributed by atoms with Crippen molar-refractivity contribution in [3.8, 4) is 0 Å². The highest BCUT2D eigenvalue weighted by molar-refractivity contribution is 9.10. The first-order chi connectivity index (χ1) is 8.16. The van der Waals surface area contributed by atoms with Gasteiger partial charge in [0.15, 0.2) is 0 Å². The minimum absolute atomic E-state index is 0.557. The molecule has 1 aliphatic rings. The van der Waals surface area contributed by atoms with Crippen LogP contribution in [-0.2, 0) is 0 Å². The minimum atomic E-state index is -0.668. The van der Waals surface area contributed by atoms with Crippen LogP contribution in [0.2, 0.25) is 0 Å². The van der Waals surface area contributed by atoms with E-state index in [1.807, 2.05) is 22.9 Å². The highest BCUT2D eigenvalue weighted by atomic mass is 79.9. The molecule has 90 valence electrons. The van der Waals surface area contributed by atoms with Crippen LogP contribution in [0.3, 0.4) is 0 Å². The number of hydrogen-bond donors (Lipinski definition) is 1. The second-order valence-corrected chi connectivity index (χ2v) is 6.24. The van der Waals surface area contributed by atoms with Gasteiger partial charge in [0.1, 0.15) is 17.6 Å². The van der Waals surface area contributed by atoms with E-state index in [2.05, 4.69) is 22.9 Å². The van der Waals surface area contributed by atoms with Crippen LogP contribution in [0.5, 0.6) is 0 Å². The van der Waals surface area contributed by atoms with Gasteiger partial charge >= 0.3 is 0 Å². The summed E-state index contributed by atoms with van der Waals surface area (Å²) in [5.74, 6) is 2.93. The first-order valence-electron chi connectivity index (χ1n) is 5.66. The van der Waals surface area contributed by atoms with Gasteiger partial charge in [-0.3, -0.25) is 0 Å². The first kappa shape index (κ1) is 11.5. The molecule has 0 spiro atoms. The van der Waals surface area contributed by atoms with Crippen LogP contribution in [0.25, 0.3) is 0 Å². The lowest BCUT2D eigenvalue weighted by Gasteiger charge is -2.06. The molecule has 2 heterocycles. The average Bonchev–Trinajstić information content (AvgIpc) is 2.76. The smallest absolute Gasteiger partial charge is 0.139 e. The Balaban J connectivity index is 1.84. The average molecular weight is 313 g/mol. The number of furan rings is 1. The van der Waals surface area contributed by atoms with Gasteiger partial charge in [0.05, 0.1) is 0 Å². The second-order valence-electron chi connectivity index (χ2n) is 4.64. The molecule has 3 rings (SSSR count). The van der Waals surface area contributed by atoms with Crippen LogP contribution < -0.4 is 0 Å². The van der Waals surface area contributed by atoms with E-state index < -0.39 is 6.10 Å². The molecule has 17 heavy (non-hydrogen) atoms. The zero-order chi connectivity index (χ0) is 12.0. The second kappa shape index (κ2) is 4.26. The predicted molar refractivity (Wildman–Crippen MR) is 71.3 cm³/mol. The van der Waals surface area contributed by atoms with Crippen molar-refractivity contribution in [1.82, 2.24) is 0 Å². The topological polar surface area (TPSA) is 33.4 Å². The number of rotatable bonds is 3. The lowest BCUT2D eigenvalue weighted by molar-refractivity contribution is 0.186. The van der Waals surface area contributed by atoms with Gasteiger partial charge in [-0.25, -0.2) is 0 Å². The molecule has 2 aromatic heterocycles. The third-order valence-electron chi connectivity index (χ3n) is 3.33. The van der Waals surface area contributed by atoms with Gasteiger partial charge in [-0.2, -0.15) is 11.3 Å². The molecule has 0 aromatic carbocycles. The molecule has 0 amide bonds. The van der Waals surface area contributed by atoms with Crippen molar-refractivity contribution in [3.63, 3.8) is 0 Å². The summed E-state index contributed by atoms with van der Waals surface area (Å²) in [5, 5.41) is 14.1. The van der Waals surface area contributed by atoms with Crippen molar-refractivity contribution in [2.24, 2.45) is 5.92 Å². The predicted octanol–water partition coefficient (Wildman–Crippen LogP) is 4.31. The molecule has 4 heteroatoms. The maximum Gasteiger partial charge on any atom is 0.139 e. The molecule has 0 aliphatic heterocycles. The lowest BCUT2D eigenvalue weighted by atomic mass is 10.1. The van der Waals surface area contributed by atoms with Crippen molar-refractivity contribution in [3.05, 3.63) is 44.4 Å². The molecule has 2 nitrogen and oxygen atoms in total. The molecule has 3 atom stereocenters. The largest absolute Gasteiger partial charge is 0.463 e. The Labute approximate surface area is 112 Å². The quantitative estimate of drug-likeness (QED) is 0.916. The Bertz CT molecular complexity index is 531. The van der Waals surface area contributed by atoms with Gasteiger partial charge in [0, 0.05) is 21.3 Å². The molecule has 0 saturated heterocycles. The van der Waals surface area contributed by atoms with Gasteiger partial charge in [0.25, 0.3) is 0 Å². The SMILES string of the molecule is CC1CC1c1ccc(C(O)c2cscc2Br)o1. The van der Waals surface area contributed by atoms with Crippen LogP contribution in [-0.4, -0.2) is 5.11 Å². The maximum atomic E-state index is 10.2. The molecular formula is C13H13BrO2S. The molecule has 1 fully saturated rings. The van der Waals surface area contributed by atoms with Crippen LogP contribution in [0.15, 0.2) is 31.8 Å². The number of thiophene rings is 1. The Kier molecular flexibility index (Phi) is 2.89. The highest BCUT2D eigenvalue weighted by Gasteiger charge is 2.37. The van der Waals surface area contributed by atoms with Crippen LogP contribution in [0, 0.1) is 5.92 Å². The van der Waals surface area contributed by atoms with E-state index in [9.17, 15) is 5.11 Å². The summed E-state index contributed by atoms with van der Waals surface area (Å²) >= 11 is 5.00. The number of hydrogen-bond acceptors (Lipinski definition) is 3. The zero-order valence-electron chi connectivity index (χ0n) is 9.39. The Morgan fingerprint density at radius 2 is 2.24 bits per heavy atom. The summed E-state index contributed by atoms with van der Waals surface area (Å²) in [6, 6.07) is 3.88. The molecule has 2 aromatic rings. The summed E-state index contributed by atoms with van der Waals surface area (Å²) in [7, 11) is 0. The minimum Gasteiger partial charge on any atom is -0.463 e. The fraction of sp³-hybridized carbons (Fsp3) is 0.385.